The van der Waals surface area contributed by atoms with Crippen LogP contribution in [0.25, 0.3) is 0 Å². The molecule has 1 aromatic rings. The zero-order chi connectivity index (χ0) is 13.5. The number of carbonyl (C=O) groups is 1. The van der Waals surface area contributed by atoms with Crippen molar-refractivity contribution in [2.24, 2.45) is 7.05 Å². The first kappa shape index (κ1) is 13.4. The number of halogens is 1. The molecule has 1 aromatic heterocycles. The number of aryl methyl sites for hydroxylation is 1. The van der Waals surface area contributed by atoms with Crippen LogP contribution < -0.4 is 5.32 Å². The predicted molar refractivity (Wildman–Crippen MR) is 67.5 cm³/mol. The van der Waals surface area contributed by atoms with Crippen molar-refractivity contribution in [3.63, 3.8) is 0 Å². The van der Waals surface area contributed by atoms with E-state index in [0.29, 0.717) is 5.56 Å². The monoisotopic (exact) mass is 291 g/mol. The summed E-state index contributed by atoms with van der Waals surface area (Å²) in [5.74, 6) is -0.536. The van der Waals surface area contributed by atoms with Crippen LogP contribution in [0.15, 0.2) is 6.20 Å². The van der Waals surface area contributed by atoms with Gasteiger partial charge in [-0.25, -0.2) is 8.42 Å². The first-order valence-electron chi connectivity index (χ1n) is 5.44. The Hall–Kier alpha value is -1.08. The van der Waals surface area contributed by atoms with Crippen molar-refractivity contribution in [1.82, 2.24) is 15.1 Å². The Labute approximate surface area is 110 Å². The number of aromatic nitrogens is 2. The third kappa shape index (κ3) is 2.51. The van der Waals surface area contributed by atoms with E-state index in [1.165, 1.54) is 6.20 Å². The van der Waals surface area contributed by atoms with E-state index in [1.54, 1.807) is 18.7 Å². The highest BCUT2D eigenvalue weighted by Gasteiger charge is 2.37. The van der Waals surface area contributed by atoms with Gasteiger partial charge >= 0.3 is 0 Å². The van der Waals surface area contributed by atoms with Gasteiger partial charge in [0.1, 0.15) is 0 Å². The van der Waals surface area contributed by atoms with E-state index in [1.807, 2.05) is 0 Å². The van der Waals surface area contributed by atoms with Gasteiger partial charge in [0.05, 0.1) is 34.7 Å². The predicted octanol–water partition coefficient (Wildman–Crippen LogP) is -0.137. The average Bonchev–Trinajstić information content (AvgIpc) is 2.69. The minimum atomic E-state index is -3.14. The molecule has 1 fully saturated rings. The van der Waals surface area contributed by atoms with Crippen LogP contribution in [0.3, 0.4) is 0 Å². The molecule has 2 heterocycles. The van der Waals surface area contributed by atoms with Crippen molar-refractivity contribution in [1.29, 1.82) is 0 Å². The Bertz CT molecular complexity index is 581. The van der Waals surface area contributed by atoms with Crippen LogP contribution in [0.1, 0.15) is 16.1 Å². The van der Waals surface area contributed by atoms with Gasteiger partial charge < -0.3 is 5.32 Å². The maximum absolute atomic E-state index is 12.0. The molecule has 100 valence electrons. The number of nitrogens with one attached hydrogen (secondary N) is 1. The van der Waals surface area contributed by atoms with Gasteiger partial charge in [-0.15, -0.1) is 11.6 Å². The van der Waals surface area contributed by atoms with Gasteiger partial charge in [0.2, 0.25) is 0 Å². The van der Waals surface area contributed by atoms with E-state index in [-0.39, 0.29) is 17.4 Å². The van der Waals surface area contributed by atoms with Crippen molar-refractivity contribution in [2.45, 2.75) is 18.3 Å². The number of hydrogen-bond acceptors (Lipinski definition) is 4. The fourth-order valence-corrected chi connectivity index (χ4v) is 4.45. The van der Waals surface area contributed by atoms with Crippen LogP contribution in [-0.2, 0) is 16.9 Å². The van der Waals surface area contributed by atoms with Gasteiger partial charge in [-0.2, -0.15) is 5.10 Å². The Kier molecular flexibility index (Phi) is 3.37. The molecular formula is C10H14ClN3O3S. The summed E-state index contributed by atoms with van der Waals surface area (Å²) in [5, 5.41) is 6.04. The summed E-state index contributed by atoms with van der Waals surface area (Å²) in [5.41, 5.74) is 1.16. The molecule has 2 rings (SSSR count). The Morgan fingerprint density at radius 3 is 2.67 bits per heavy atom. The summed E-state index contributed by atoms with van der Waals surface area (Å²) in [7, 11) is -1.41. The van der Waals surface area contributed by atoms with E-state index in [9.17, 15) is 13.2 Å². The second-order valence-electron chi connectivity index (χ2n) is 4.44. The average molecular weight is 292 g/mol. The van der Waals surface area contributed by atoms with Crippen molar-refractivity contribution >= 4 is 27.3 Å². The standard InChI is InChI=1S/C10H14ClN3O3S/c1-6-7(3-12-14(6)2)10(15)13-9-5-18(16,17)4-8(9)11/h3,8-9H,4-5H2,1-2H3,(H,13,15). The zero-order valence-electron chi connectivity index (χ0n) is 10.1. The maximum Gasteiger partial charge on any atom is 0.255 e. The van der Waals surface area contributed by atoms with Gasteiger partial charge in [-0.3, -0.25) is 9.48 Å². The summed E-state index contributed by atoms with van der Waals surface area (Å²) >= 11 is 5.92. The van der Waals surface area contributed by atoms with E-state index >= 15 is 0 Å². The number of nitrogens with zero attached hydrogens (tertiary/aromatic N) is 2. The third-order valence-electron chi connectivity index (χ3n) is 3.08. The number of carbonyl (C=O) groups excluding carboxylic acids is 1. The lowest BCUT2D eigenvalue weighted by Crippen LogP contribution is -2.40. The summed E-state index contributed by atoms with van der Waals surface area (Å²) in [4.78, 5) is 12.0. The third-order valence-corrected chi connectivity index (χ3v) is 5.46. The largest absolute Gasteiger partial charge is 0.347 e. The van der Waals surface area contributed by atoms with Crippen LogP contribution in [0.4, 0.5) is 0 Å². The molecule has 1 N–H and O–H groups in total. The van der Waals surface area contributed by atoms with Crippen LogP contribution in [0, 0.1) is 6.92 Å². The topological polar surface area (TPSA) is 81.1 Å². The van der Waals surface area contributed by atoms with Crippen molar-refractivity contribution in [3.05, 3.63) is 17.5 Å². The molecule has 0 aromatic carbocycles. The number of amides is 1. The normalized spacial score (nSPS) is 26.2. The lowest BCUT2D eigenvalue weighted by Gasteiger charge is -2.13. The maximum atomic E-state index is 12.0. The molecule has 2 unspecified atom stereocenters. The van der Waals surface area contributed by atoms with E-state index in [2.05, 4.69) is 10.4 Å². The summed E-state index contributed by atoms with van der Waals surface area (Å²) < 4.78 is 24.4. The van der Waals surface area contributed by atoms with Crippen molar-refractivity contribution in [2.75, 3.05) is 11.5 Å². The number of sulfone groups is 1. The van der Waals surface area contributed by atoms with Gasteiger partial charge in [0.15, 0.2) is 9.84 Å². The molecule has 0 aliphatic carbocycles. The molecule has 18 heavy (non-hydrogen) atoms. The molecule has 1 amide bonds. The SMILES string of the molecule is Cc1c(C(=O)NC2CS(=O)(=O)CC2Cl)cnn1C. The van der Waals surface area contributed by atoms with Crippen LogP contribution in [0.5, 0.6) is 0 Å². The highest BCUT2D eigenvalue weighted by molar-refractivity contribution is 7.91. The van der Waals surface area contributed by atoms with Crippen molar-refractivity contribution < 1.29 is 13.2 Å². The fraction of sp³-hybridized carbons (Fsp3) is 0.600. The first-order valence-corrected chi connectivity index (χ1v) is 7.70. The minimum Gasteiger partial charge on any atom is -0.347 e. The summed E-state index contributed by atoms with van der Waals surface area (Å²) in [6.07, 6.45) is 1.46. The molecule has 1 saturated heterocycles. The molecule has 1 aliphatic heterocycles. The van der Waals surface area contributed by atoms with E-state index < -0.39 is 21.3 Å². The quantitative estimate of drug-likeness (QED) is 0.769. The Morgan fingerprint density at radius 2 is 2.22 bits per heavy atom. The summed E-state index contributed by atoms with van der Waals surface area (Å²) in [6, 6.07) is -0.538. The molecule has 1 aliphatic rings. The van der Waals surface area contributed by atoms with Gasteiger partial charge in [-0.05, 0) is 6.92 Å². The van der Waals surface area contributed by atoms with Crippen LogP contribution in [0.2, 0.25) is 0 Å². The minimum absolute atomic E-state index is 0.0917. The highest BCUT2D eigenvalue weighted by Crippen LogP contribution is 2.18. The Morgan fingerprint density at radius 1 is 1.56 bits per heavy atom. The molecule has 0 saturated carbocycles. The number of alkyl halides is 1. The highest BCUT2D eigenvalue weighted by atomic mass is 35.5. The fourth-order valence-electron chi connectivity index (χ4n) is 1.90. The lowest BCUT2D eigenvalue weighted by atomic mass is 10.2. The molecule has 6 nitrogen and oxygen atoms in total. The summed E-state index contributed by atoms with van der Waals surface area (Å²) in [6.45, 7) is 1.77. The number of rotatable bonds is 2. The first-order chi connectivity index (χ1) is 8.30. The Balaban J connectivity index is 2.11. The zero-order valence-corrected chi connectivity index (χ0v) is 11.6. The second kappa shape index (κ2) is 4.55. The van der Waals surface area contributed by atoms with Gasteiger partial charge in [-0.1, -0.05) is 0 Å². The molecule has 2 atom stereocenters. The second-order valence-corrected chi connectivity index (χ2v) is 7.15. The van der Waals surface area contributed by atoms with E-state index in [0.717, 1.165) is 5.69 Å². The van der Waals surface area contributed by atoms with Crippen LogP contribution >= 0.6 is 11.6 Å². The van der Waals surface area contributed by atoms with Crippen LogP contribution in [-0.4, -0.2) is 47.0 Å². The number of hydrogen-bond donors (Lipinski definition) is 1. The van der Waals surface area contributed by atoms with Gasteiger partial charge in [0, 0.05) is 12.7 Å². The molecule has 0 bridgehead atoms. The van der Waals surface area contributed by atoms with Gasteiger partial charge in [0.25, 0.3) is 5.91 Å². The molecule has 0 spiro atoms. The van der Waals surface area contributed by atoms with E-state index in [4.69, 9.17) is 11.6 Å². The van der Waals surface area contributed by atoms with Crippen molar-refractivity contribution in [3.8, 4) is 0 Å². The smallest absolute Gasteiger partial charge is 0.255 e. The molecular weight excluding hydrogens is 278 g/mol. The molecule has 8 heteroatoms. The lowest BCUT2D eigenvalue weighted by molar-refractivity contribution is 0.0941. The molecule has 0 radical (unpaired) electrons.